The van der Waals surface area contributed by atoms with Gasteiger partial charge in [0.25, 0.3) is 0 Å². The summed E-state index contributed by atoms with van der Waals surface area (Å²) in [5.74, 6) is 1.33. The molecule has 2 aliphatic heterocycles. The van der Waals surface area contributed by atoms with Crippen molar-refractivity contribution in [1.82, 2.24) is 9.80 Å². The highest BCUT2D eigenvalue weighted by molar-refractivity contribution is 7.99. The summed E-state index contributed by atoms with van der Waals surface area (Å²) in [6, 6.07) is 14.0. The van der Waals surface area contributed by atoms with Gasteiger partial charge in [-0.3, -0.25) is 9.59 Å². The van der Waals surface area contributed by atoms with Gasteiger partial charge in [-0.15, -0.1) is 23.1 Å². The number of likely N-dealkylation sites (tertiary alicyclic amines) is 1. The van der Waals surface area contributed by atoms with Crippen molar-refractivity contribution in [2.75, 3.05) is 24.7 Å². The summed E-state index contributed by atoms with van der Waals surface area (Å²) in [6.07, 6.45) is 5.61. The van der Waals surface area contributed by atoms with E-state index in [1.54, 1.807) is 34.1 Å². The first kappa shape index (κ1) is 18.3. The Morgan fingerprint density at radius 2 is 1.81 bits per heavy atom. The minimum Gasteiger partial charge on any atom is -0.341 e. The Balaban J connectivity index is 1.42. The molecule has 1 aromatic carbocycles. The van der Waals surface area contributed by atoms with E-state index in [1.165, 1.54) is 10.4 Å². The summed E-state index contributed by atoms with van der Waals surface area (Å²) in [4.78, 5) is 31.2. The molecule has 1 aromatic heterocycles. The van der Waals surface area contributed by atoms with Crippen molar-refractivity contribution < 1.29 is 9.59 Å². The van der Waals surface area contributed by atoms with E-state index in [1.807, 2.05) is 35.2 Å². The average Bonchev–Trinajstić information content (AvgIpc) is 3.47. The normalized spacial score (nSPS) is 19.9. The van der Waals surface area contributed by atoms with Gasteiger partial charge in [0, 0.05) is 34.7 Å². The Labute approximate surface area is 167 Å². The van der Waals surface area contributed by atoms with Crippen LogP contribution >= 0.6 is 23.1 Å². The van der Waals surface area contributed by atoms with Crippen molar-refractivity contribution in [3.63, 3.8) is 0 Å². The second-order valence-electron chi connectivity index (χ2n) is 6.76. The average molecular weight is 399 g/mol. The van der Waals surface area contributed by atoms with E-state index in [4.69, 9.17) is 0 Å². The van der Waals surface area contributed by atoms with Crippen LogP contribution in [0.5, 0.6) is 0 Å². The zero-order valence-electron chi connectivity index (χ0n) is 15.0. The fourth-order valence-electron chi connectivity index (χ4n) is 3.46. The predicted octanol–water partition coefficient (Wildman–Crippen LogP) is 3.95. The highest BCUT2D eigenvalue weighted by atomic mass is 32.2. The summed E-state index contributed by atoms with van der Waals surface area (Å²) in [5.41, 5.74) is 1.18. The number of hydrogen-bond acceptors (Lipinski definition) is 4. The van der Waals surface area contributed by atoms with Gasteiger partial charge in [-0.25, -0.2) is 0 Å². The lowest BCUT2D eigenvalue weighted by atomic mass is 10.2. The zero-order chi connectivity index (χ0) is 18.6. The summed E-state index contributed by atoms with van der Waals surface area (Å²) in [5, 5.41) is 0. The topological polar surface area (TPSA) is 40.6 Å². The van der Waals surface area contributed by atoms with Crippen molar-refractivity contribution in [2.45, 2.75) is 18.9 Å². The molecule has 0 saturated carbocycles. The molecule has 2 amide bonds. The van der Waals surface area contributed by atoms with Gasteiger partial charge in [0.1, 0.15) is 6.04 Å². The number of thiophene rings is 1. The lowest BCUT2D eigenvalue weighted by Gasteiger charge is -2.26. The van der Waals surface area contributed by atoms with Gasteiger partial charge >= 0.3 is 0 Å². The van der Waals surface area contributed by atoms with Crippen LogP contribution in [0, 0.1) is 0 Å². The van der Waals surface area contributed by atoms with E-state index in [2.05, 4.69) is 18.2 Å². The Hall–Kier alpha value is -2.05. The largest absolute Gasteiger partial charge is 0.341 e. The smallest absolute Gasteiger partial charge is 0.247 e. The van der Waals surface area contributed by atoms with E-state index in [0.717, 1.165) is 30.8 Å². The van der Waals surface area contributed by atoms with Crippen molar-refractivity contribution in [3.05, 3.63) is 53.4 Å². The number of amides is 2. The highest BCUT2D eigenvalue weighted by Crippen LogP contribution is 2.29. The number of carbonyl (C=O) groups is 2. The molecule has 2 aromatic rings. The first-order valence-corrected chi connectivity index (χ1v) is 11.2. The van der Waals surface area contributed by atoms with Crippen LogP contribution in [0.4, 0.5) is 0 Å². The summed E-state index contributed by atoms with van der Waals surface area (Å²) >= 11 is 3.32. The van der Waals surface area contributed by atoms with Crippen LogP contribution in [0.2, 0.25) is 0 Å². The van der Waals surface area contributed by atoms with Crippen molar-refractivity contribution in [2.24, 2.45) is 0 Å². The van der Waals surface area contributed by atoms with Crippen LogP contribution < -0.4 is 0 Å². The van der Waals surface area contributed by atoms with Crippen LogP contribution in [0.25, 0.3) is 16.5 Å². The molecule has 0 aliphatic carbocycles. The van der Waals surface area contributed by atoms with Crippen LogP contribution in [-0.4, -0.2) is 52.4 Å². The molecule has 1 unspecified atom stereocenters. The second-order valence-corrected chi connectivity index (χ2v) is 8.87. The molecule has 4 nitrogen and oxygen atoms in total. The molecule has 0 bridgehead atoms. The molecule has 2 aliphatic rings. The van der Waals surface area contributed by atoms with Gasteiger partial charge in [-0.05, 0) is 36.6 Å². The molecule has 27 heavy (non-hydrogen) atoms. The first-order chi connectivity index (χ1) is 13.2. The molecule has 4 rings (SSSR count). The number of thioether (sulfide) groups is 1. The SMILES string of the molecule is O=C(C1CSCN1C(=O)C=Cc1ccc(-c2ccccc2)s1)N1CCCC1. The molecule has 6 heteroatoms. The van der Waals surface area contributed by atoms with Crippen molar-refractivity contribution in [1.29, 1.82) is 0 Å². The Morgan fingerprint density at radius 3 is 2.59 bits per heavy atom. The molecule has 0 spiro atoms. The van der Waals surface area contributed by atoms with Gasteiger partial charge in [0.05, 0.1) is 5.88 Å². The lowest BCUT2D eigenvalue weighted by molar-refractivity contribution is -0.140. The maximum absolute atomic E-state index is 12.7. The maximum Gasteiger partial charge on any atom is 0.247 e. The molecule has 3 heterocycles. The van der Waals surface area contributed by atoms with Crippen molar-refractivity contribution in [3.8, 4) is 10.4 Å². The van der Waals surface area contributed by atoms with E-state index in [-0.39, 0.29) is 17.9 Å². The van der Waals surface area contributed by atoms with Crippen LogP contribution in [0.1, 0.15) is 17.7 Å². The molecule has 140 valence electrons. The zero-order valence-corrected chi connectivity index (χ0v) is 16.7. The van der Waals surface area contributed by atoms with E-state index < -0.39 is 0 Å². The predicted molar refractivity (Wildman–Crippen MR) is 113 cm³/mol. The van der Waals surface area contributed by atoms with Gasteiger partial charge in [0.15, 0.2) is 0 Å². The number of rotatable bonds is 4. The Kier molecular flexibility index (Phi) is 5.64. The van der Waals surface area contributed by atoms with Gasteiger partial charge in [-0.2, -0.15) is 0 Å². The molecule has 2 fully saturated rings. The third-order valence-corrected chi connectivity index (χ3v) is 7.06. The quantitative estimate of drug-likeness (QED) is 0.732. The van der Waals surface area contributed by atoms with E-state index >= 15 is 0 Å². The standard InChI is InChI=1S/C21H22N2O2S2/c24-20(23-15-26-14-18(23)21(25)22-12-4-5-13-22)11-9-17-8-10-19(27-17)16-6-2-1-3-7-16/h1-3,6-11,18H,4-5,12-15H2. The molecule has 1 atom stereocenters. The highest BCUT2D eigenvalue weighted by Gasteiger charge is 2.36. The Bertz CT molecular complexity index is 841. The second kappa shape index (κ2) is 8.31. The number of benzene rings is 1. The third-order valence-electron chi connectivity index (χ3n) is 4.94. The maximum atomic E-state index is 12.7. The minimum atomic E-state index is -0.312. The van der Waals surface area contributed by atoms with Crippen molar-refractivity contribution >= 4 is 41.0 Å². The number of nitrogens with zero attached hydrogens (tertiary/aromatic N) is 2. The number of carbonyl (C=O) groups excluding carboxylic acids is 2. The fraction of sp³-hybridized carbons (Fsp3) is 0.333. The molecular formula is C21H22N2O2S2. The van der Waals surface area contributed by atoms with Crippen LogP contribution in [-0.2, 0) is 9.59 Å². The van der Waals surface area contributed by atoms with E-state index in [0.29, 0.717) is 11.6 Å². The summed E-state index contributed by atoms with van der Waals surface area (Å²) in [6.45, 7) is 1.66. The van der Waals surface area contributed by atoms with Gasteiger partial charge < -0.3 is 9.80 Å². The molecular weight excluding hydrogens is 376 g/mol. The van der Waals surface area contributed by atoms with Crippen LogP contribution in [0.3, 0.4) is 0 Å². The van der Waals surface area contributed by atoms with Crippen LogP contribution in [0.15, 0.2) is 48.5 Å². The third kappa shape index (κ3) is 4.12. The summed E-state index contributed by atoms with van der Waals surface area (Å²) < 4.78 is 0. The summed E-state index contributed by atoms with van der Waals surface area (Å²) in [7, 11) is 0. The lowest BCUT2D eigenvalue weighted by Crippen LogP contribution is -2.47. The fourth-order valence-corrected chi connectivity index (χ4v) is 5.53. The number of hydrogen-bond donors (Lipinski definition) is 0. The molecule has 0 N–H and O–H groups in total. The van der Waals surface area contributed by atoms with Gasteiger partial charge in [-0.1, -0.05) is 30.3 Å². The minimum absolute atomic E-state index is 0.0767. The Morgan fingerprint density at radius 1 is 1.04 bits per heavy atom. The molecule has 0 radical (unpaired) electrons. The van der Waals surface area contributed by atoms with E-state index in [9.17, 15) is 9.59 Å². The molecule has 2 saturated heterocycles. The first-order valence-electron chi connectivity index (χ1n) is 9.23. The van der Waals surface area contributed by atoms with Gasteiger partial charge in [0.2, 0.25) is 11.8 Å². The monoisotopic (exact) mass is 398 g/mol.